The van der Waals surface area contributed by atoms with Crippen LogP contribution >= 0.6 is 0 Å². The molecule has 1 aromatic heterocycles. The molecule has 2 aromatic rings. The molecule has 0 amide bonds. The van der Waals surface area contributed by atoms with E-state index >= 15 is 0 Å². The summed E-state index contributed by atoms with van der Waals surface area (Å²) in [4.78, 5) is 6.09. The summed E-state index contributed by atoms with van der Waals surface area (Å²) in [6, 6.07) is 13.2. The second-order valence-corrected chi connectivity index (χ2v) is 5.24. The lowest BCUT2D eigenvalue weighted by Gasteiger charge is -2.18. The van der Waals surface area contributed by atoms with Gasteiger partial charge in [0.15, 0.2) is 0 Å². The Morgan fingerprint density at radius 1 is 1.14 bits per heavy atom. The van der Waals surface area contributed by atoms with Crippen molar-refractivity contribution in [3.8, 4) is 0 Å². The Hall–Kier alpha value is -1.78. The zero-order valence-electron chi connectivity index (χ0n) is 12.2. The van der Waals surface area contributed by atoms with Gasteiger partial charge in [-0.2, -0.15) is 0 Å². The minimum Gasteiger partial charge on any atom is -0.387 e. The van der Waals surface area contributed by atoms with E-state index < -0.39 is 6.10 Å². The van der Waals surface area contributed by atoms with Crippen molar-refractivity contribution in [2.45, 2.75) is 18.9 Å². The largest absolute Gasteiger partial charge is 0.387 e. The Labute approximate surface area is 125 Å². The summed E-state index contributed by atoms with van der Waals surface area (Å²) >= 11 is 0. The highest BCUT2D eigenvalue weighted by Crippen LogP contribution is 2.14. The van der Waals surface area contributed by atoms with E-state index in [0.717, 1.165) is 25.7 Å². The molecule has 0 bridgehead atoms. The average molecular weight is 288 g/mol. The van der Waals surface area contributed by atoms with Gasteiger partial charge in [-0.05, 0) is 37.6 Å². The van der Waals surface area contributed by atoms with E-state index in [2.05, 4.69) is 22.0 Å². The van der Waals surface area contributed by atoms with Crippen molar-refractivity contribution in [3.63, 3.8) is 0 Å². The predicted octanol–water partition coefficient (Wildman–Crippen LogP) is 2.82. The molecule has 0 spiro atoms. The molecule has 4 heteroatoms. The number of pyridine rings is 1. The zero-order chi connectivity index (χ0) is 15.1. The lowest BCUT2D eigenvalue weighted by Crippen LogP contribution is -2.24. The fraction of sp³-hybridized carbons (Fsp3) is 0.353. The van der Waals surface area contributed by atoms with E-state index in [1.165, 1.54) is 17.7 Å². The summed E-state index contributed by atoms with van der Waals surface area (Å²) in [5.74, 6) is -0.383. The second kappa shape index (κ2) is 7.86. The number of aliphatic hydroxyl groups is 1. The summed E-state index contributed by atoms with van der Waals surface area (Å²) in [5, 5.41) is 10.0. The first kappa shape index (κ1) is 15.6. The standard InChI is InChI=1S/C17H21FN2O/c1-20(11-9-14-5-3-2-4-6-14)12-10-17(21)16-8-7-15(18)13-19-16/h2-8,13,17,21H,9-12H2,1H3. The third-order valence-electron chi connectivity index (χ3n) is 3.50. The van der Waals surface area contributed by atoms with Gasteiger partial charge in [-0.25, -0.2) is 4.39 Å². The molecule has 3 nitrogen and oxygen atoms in total. The molecule has 1 unspecified atom stereocenters. The molecule has 0 saturated carbocycles. The molecule has 1 aromatic carbocycles. The highest BCUT2D eigenvalue weighted by molar-refractivity contribution is 5.14. The highest BCUT2D eigenvalue weighted by Gasteiger charge is 2.10. The van der Waals surface area contributed by atoms with Gasteiger partial charge >= 0.3 is 0 Å². The van der Waals surface area contributed by atoms with E-state index in [-0.39, 0.29) is 5.82 Å². The van der Waals surface area contributed by atoms with Crippen LogP contribution < -0.4 is 0 Å². The SMILES string of the molecule is CN(CCc1ccccc1)CCC(O)c1ccc(F)cn1. The zero-order valence-corrected chi connectivity index (χ0v) is 12.2. The van der Waals surface area contributed by atoms with Crippen LogP contribution in [0.25, 0.3) is 0 Å². The molecule has 0 aliphatic rings. The van der Waals surface area contributed by atoms with Gasteiger partial charge in [0.2, 0.25) is 0 Å². The monoisotopic (exact) mass is 288 g/mol. The third kappa shape index (κ3) is 5.25. The first-order chi connectivity index (χ1) is 10.1. The van der Waals surface area contributed by atoms with E-state index in [0.29, 0.717) is 12.1 Å². The summed E-state index contributed by atoms with van der Waals surface area (Å²) < 4.78 is 12.8. The molecule has 21 heavy (non-hydrogen) atoms. The molecule has 1 heterocycles. The average Bonchev–Trinajstić information content (AvgIpc) is 2.52. The molecule has 1 atom stereocenters. The molecule has 2 rings (SSSR count). The van der Waals surface area contributed by atoms with Crippen molar-refractivity contribution >= 4 is 0 Å². The molecule has 1 N–H and O–H groups in total. The van der Waals surface area contributed by atoms with Crippen LogP contribution in [0.4, 0.5) is 4.39 Å². The van der Waals surface area contributed by atoms with Gasteiger partial charge in [-0.15, -0.1) is 0 Å². The minimum absolute atomic E-state index is 0.383. The number of rotatable bonds is 7. The predicted molar refractivity (Wildman–Crippen MR) is 81.4 cm³/mol. The Kier molecular flexibility index (Phi) is 5.84. The van der Waals surface area contributed by atoms with Gasteiger partial charge < -0.3 is 10.0 Å². The molecular formula is C17H21FN2O. The molecule has 0 saturated heterocycles. The van der Waals surface area contributed by atoms with Crippen LogP contribution in [0.15, 0.2) is 48.7 Å². The smallest absolute Gasteiger partial charge is 0.141 e. The van der Waals surface area contributed by atoms with Crippen LogP contribution in [0.5, 0.6) is 0 Å². The summed E-state index contributed by atoms with van der Waals surface area (Å²) in [7, 11) is 2.04. The van der Waals surface area contributed by atoms with Crippen LogP contribution in [-0.4, -0.2) is 35.1 Å². The van der Waals surface area contributed by atoms with Crippen LogP contribution in [0.2, 0.25) is 0 Å². The van der Waals surface area contributed by atoms with Gasteiger partial charge in [0, 0.05) is 13.1 Å². The van der Waals surface area contributed by atoms with Crippen LogP contribution in [0, 0.1) is 5.82 Å². The number of benzene rings is 1. The van der Waals surface area contributed by atoms with Crippen molar-refractivity contribution in [1.82, 2.24) is 9.88 Å². The van der Waals surface area contributed by atoms with Crippen molar-refractivity contribution in [3.05, 3.63) is 65.7 Å². The molecule has 0 radical (unpaired) electrons. The Balaban J connectivity index is 1.73. The maximum atomic E-state index is 12.8. The fourth-order valence-electron chi connectivity index (χ4n) is 2.15. The minimum atomic E-state index is -0.648. The number of halogens is 1. The van der Waals surface area contributed by atoms with E-state index in [1.807, 2.05) is 25.2 Å². The normalized spacial score (nSPS) is 12.6. The number of likely N-dealkylation sites (N-methyl/N-ethyl adjacent to an activating group) is 1. The van der Waals surface area contributed by atoms with Crippen molar-refractivity contribution < 1.29 is 9.50 Å². The number of nitrogens with zero attached hydrogens (tertiary/aromatic N) is 2. The summed E-state index contributed by atoms with van der Waals surface area (Å²) in [6.07, 6.45) is 2.06. The molecule has 112 valence electrons. The fourth-order valence-corrected chi connectivity index (χ4v) is 2.15. The lowest BCUT2D eigenvalue weighted by molar-refractivity contribution is 0.145. The summed E-state index contributed by atoms with van der Waals surface area (Å²) in [5.41, 5.74) is 1.83. The lowest BCUT2D eigenvalue weighted by atomic mass is 10.1. The van der Waals surface area contributed by atoms with Crippen LogP contribution in [0.3, 0.4) is 0 Å². The maximum absolute atomic E-state index is 12.8. The Morgan fingerprint density at radius 3 is 2.57 bits per heavy atom. The number of aliphatic hydroxyl groups excluding tert-OH is 1. The van der Waals surface area contributed by atoms with Crippen molar-refractivity contribution in [2.75, 3.05) is 20.1 Å². The molecule has 0 fully saturated rings. The van der Waals surface area contributed by atoms with Crippen molar-refractivity contribution in [2.24, 2.45) is 0 Å². The quantitative estimate of drug-likeness (QED) is 0.851. The first-order valence-corrected chi connectivity index (χ1v) is 7.17. The van der Waals surface area contributed by atoms with Crippen molar-refractivity contribution in [1.29, 1.82) is 0 Å². The topological polar surface area (TPSA) is 36.4 Å². The number of aromatic nitrogens is 1. The Morgan fingerprint density at radius 2 is 1.90 bits per heavy atom. The highest BCUT2D eigenvalue weighted by atomic mass is 19.1. The van der Waals surface area contributed by atoms with Gasteiger partial charge in [-0.3, -0.25) is 4.98 Å². The van der Waals surface area contributed by atoms with E-state index in [4.69, 9.17) is 0 Å². The maximum Gasteiger partial charge on any atom is 0.141 e. The molecule has 0 aliphatic carbocycles. The van der Waals surface area contributed by atoms with E-state index in [9.17, 15) is 9.50 Å². The van der Waals surface area contributed by atoms with Gasteiger partial charge in [-0.1, -0.05) is 30.3 Å². The summed E-state index contributed by atoms with van der Waals surface area (Å²) in [6.45, 7) is 1.71. The van der Waals surface area contributed by atoms with Crippen LogP contribution in [0.1, 0.15) is 23.8 Å². The first-order valence-electron chi connectivity index (χ1n) is 7.17. The van der Waals surface area contributed by atoms with Gasteiger partial charge in [0.1, 0.15) is 5.82 Å². The van der Waals surface area contributed by atoms with Gasteiger partial charge in [0.25, 0.3) is 0 Å². The van der Waals surface area contributed by atoms with Crippen LogP contribution in [-0.2, 0) is 6.42 Å². The van der Waals surface area contributed by atoms with E-state index in [1.54, 1.807) is 0 Å². The molecule has 0 aliphatic heterocycles. The number of hydrogen-bond donors (Lipinski definition) is 1. The second-order valence-electron chi connectivity index (χ2n) is 5.24. The Bertz CT molecular complexity index is 530. The molecular weight excluding hydrogens is 267 g/mol. The van der Waals surface area contributed by atoms with Gasteiger partial charge in [0.05, 0.1) is 18.0 Å². The number of hydrogen-bond acceptors (Lipinski definition) is 3. The third-order valence-corrected chi connectivity index (χ3v) is 3.50.